The first-order valence-electron chi connectivity index (χ1n) is 10.7. The number of sulfonamides is 1. The molecule has 4 N–H and O–H groups in total. The van der Waals surface area contributed by atoms with Crippen LogP contribution in [-0.4, -0.2) is 57.5 Å². The van der Waals surface area contributed by atoms with Crippen LogP contribution in [-0.2, 0) is 10.0 Å². The average Bonchev–Trinajstić information content (AvgIpc) is 2.64. The molecule has 1 aromatic carbocycles. The number of aliphatic hydroxyl groups excluding tert-OH is 1. The van der Waals surface area contributed by atoms with Crippen LogP contribution in [0.2, 0.25) is 0 Å². The third-order valence-corrected chi connectivity index (χ3v) is 6.23. The number of rotatable bonds is 12. The maximum atomic E-state index is 12.1. The smallest absolute Gasteiger partial charge is 0.213 e. The van der Waals surface area contributed by atoms with Crippen LogP contribution < -0.4 is 20.1 Å². The number of ether oxygens (including phenoxy) is 1. The second-order valence-electron chi connectivity index (χ2n) is 7.86. The molecule has 170 valence electrons. The summed E-state index contributed by atoms with van der Waals surface area (Å²) in [6.07, 6.45) is 2.73. The van der Waals surface area contributed by atoms with Crippen molar-refractivity contribution in [3.63, 3.8) is 0 Å². The van der Waals surface area contributed by atoms with Gasteiger partial charge < -0.3 is 20.5 Å². The predicted octanol–water partition coefficient (Wildman–Crippen LogP) is 1.78. The van der Waals surface area contributed by atoms with Crippen LogP contribution in [0.3, 0.4) is 0 Å². The molecule has 0 bridgehead atoms. The minimum absolute atomic E-state index is 0.0238. The Hall–Kier alpha value is -1.84. The third-order valence-electron chi connectivity index (χ3n) is 4.88. The monoisotopic (exact) mass is 440 g/mol. The summed E-state index contributed by atoms with van der Waals surface area (Å²) in [5.74, 6) is 1.69. The number of guanidine groups is 1. The number of nitrogens with one attached hydrogen (secondary N) is 3. The van der Waals surface area contributed by atoms with E-state index in [0.29, 0.717) is 25.0 Å². The number of hydrogen-bond donors (Lipinski definition) is 4. The Labute approximate surface area is 180 Å². The Morgan fingerprint density at radius 1 is 1.23 bits per heavy atom. The van der Waals surface area contributed by atoms with Crippen LogP contribution in [0.5, 0.6) is 5.75 Å². The number of benzene rings is 1. The van der Waals surface area contributed by atoms with E-state index < -0.39 is 16.1 Å². The molecule has 2 rings (SSSR count). The molecule has 9 heteroatoms. The molecular formula is C21H36N4O4S. The molecule has 1 atom stereocenters. The largest absolute Gasteiger partial charge is 0.491 e. The standard InChI is InChI=1S/C21H36N4O4S/c1-4-22-21(23-12-13-30(27,28)25-14-17-6-5-7-17)24-15-20(26)18-8-10-19(11-9-18)29-16(2)3/h8-11,16-17,20,25-26H,4-7,12-15H2,1-3H3,(H2,22,23,24). The number of aliphatic hydroxyl groups is 1. The highest BCUT2D eigenvalue weighted by atomic mass is 32.2. The van der Waals surface area contributed by atoms with Gasteiger partial charge in [0.05, 0.1) is 24.5 Å². The van der Waals surface area contributed by atoms with Gasteiger partial charge in [-0.2, -0.15) is 0 Å². The van der Waals surface area contributed by atoms with Gasteiger partial charge in [-0.05, 0) is 57.2 Å². The minimum Gasteiger partial charge on any atom is -0.491 e. The summed E-state index contributed by atoms with van der Waals surface area (Å²) >= 11 is 0. The van der Waals surface area contributed by atoms with Crippen molar-refractivity contribution < 1.29 is 18.3 Å². The maximum absolute atomic E-state index is 12.1. The molecule has 1 aromatic rings. The summed E-state index contributed by atoms with van der Waals surface area (Å²) in [5.41, 5.74) is 0.744. The van der Waals surface area contributed by atoms with Crippen molar-refractivity contribution in [1.82, 2.24) is 15.4 Å². The molecule has 0 amide bonds. The van der Waals surface area contributed by atoms with Gasteiger partial charge in [0.1, 0.15) is 5.75 Å². The molecule has 1 aliphatic carbocycles. The summed E-state index contributed by atoms with van der Waals surface area (Å²) in [7, 11) is -3.31. The summed E-state index contributed by atoms with van der Waals surface area (Å²) < 4.78 is 32.5. The highest BCUT2D eigenvalue weighted by molar-refractivity contribution is 7.89. The Morgan fingerprint density at radius 3 is 2.50 bits per heavy atom. The van der Waals surface area contributed by atoms with Crippen molar-refractivity contribution in [1.29, 1.82) is 0 Å². The quantitative estimate of drug-likeness (QED) is 0.291. The van der Waals surface area contributed by atoms with E-state index in [2.05, 4.69) is 20.3 Å². The summed E-state index contributed by atoms with van der Waals surface area (Å²) in [6.45, 7) is 7.41. The number of nitrogens with zero attached hydrogens (tertiary/aromatic N) is 1. The molecule has 0 spiro atoms. The molecular weight excluding hydrogens is 404 g/mol. The van der Waals surface area contributed by atoms with E-state index in [1.165, 1.54) is 6.42 Å². The van der Waals surface area contributed by atoms with Gasteiger partial charge >= 0.3 is 0 Å². The van der Waals surface area contributed by atoms with Crippen molar-refractivity contribution in [3.8, 4) is 5.75 Å². The zero-order chi connectivity index (χ0) is 22.0. The number of hydrogen-bond acceptors (Lipinski definition) is 5. The fourth-order valence-electron chi connectivity index (χ4n) is 2.98. The molecule has 8 nitrogen and oxygen atoms in total. The van der Waals surface area contributed by atoms with Crippen LogP contribution in [0, 0.1) is 5.92 Å². The molecule has 0 saturated heterocycles. The van der Waals surface area contributed by atoms with Crippen molar-refractivity contribution in [3.05, 3.63) is 29.8 Å². The summed E-state index contributed by atoms with van der Waals surface area (Å²) in [5, 5.41) is 16.5. The predicted molar refractivity (Wildman–Crippen MR) is 120 cm³/mol. The fourth-order valence-corrected chi connectivity index (χ4v) is 3.99. The first-order valence-corrected chi connectivity index (χ1v) is 12.4. The van der Waals surface area contributed by atoms with E-state index in [0.717, 1.165) is 24.2 Å². The third kappa shape index (κ3) is 8.89. The van der Waals surface area contributed by atoms with Gasteiger partial charge in [0, 0.05) is 19.6 Å². The Balaban J connectivity index is 1.80. The van der Waals surface area contributed by atoms with E-state index in [4.69, 9.17) is 4.74 Å². The summed E-state index contributed by atoms with van der Waals surface area (Å²) in [4.78, 5) is 4.37. The topological polar surface area (TPSA) is 112 Å². The minimum atomic E-state index is -3.31. The lowest BCUT2D eigenvalue weighted by Crippen LogP contribution is -2.42. The van der Waals surface area contributed by atoms with Crippen molar-refractivity contribution in [2.75, 3.05) is 31.9 Å². The van der Waals surface area contributed by atoms with Crippen molar-refractivity contribution in [2.45, 2.75) is 52.2 Å². The molecule has 1 unspecified atom stereocenters. The molecule has 0 aromatic heterocycles. The van der Waals surface area contributed by atoms with Gasteiger partial charge in [-0.1, -0.05) is 18.6 Å². The Bertz CT molecular complexity index is 762. The zero-order valence-corrected chi connectivity index (χ0v) is 19.0. The van der Waals surface area contributed by atoms with Gasteiger partial charge in [0.15, 0.2) is 5.96 Å². The van der Waals surface area contributed by atoms with Crippen molar-refractivity contribution >= 4 is 16.0 Å². The normalized spacial score (nSPS) is 16.2. The second kappa shape index (κ2) is 12.1. The highest BCUT2D eigenvalue weighted by Gasteiger charge is 2.20. The Morgan fingerprint density at radius 2 is 1.93 bits per heavy atom. The average molecular weight is 441 g/mol. The maximum Gasteiger partial charge on any atom is 0.213 e. The molecule has 0 heterocycles. The van der Waals surface area contributed by atoms with Crippen molar-refractivity contribution in [2.24, 2.45) is 10.9 Å². The Kier molecular flexibility index (Phi) is 9.87. The van der Waals surface area contributed by atoms with E-state index in [1.807, 2.05) is 45.0 Å². The fraction of sp³-hybridized carbons (Fsp3) is 0.667. The zero-order valence-electron chi connectivity index (χ0n) is 18.2. The van der Waals surface area contributed by atoms with Gasteiger partial charge in [-0.15, -0.1) is 0 Å². The van der Waals surface area contributed by atoms with E-state index in [-0.39, 0.29) is 24.9 Å². The highest BCUT2D eigenvalue weighted by Crippen LogP contribution is 2.25. The van der Waals surface area contributed by atoms with Crippen LogP contribution in [0.25, 0.3) is 0 Å². The van der Waals surface area contributed by atoms with Crippen LogP contribution in [0.4, 0.5) is 0 Å². The summed E-state index contributed by atoms with van der Waals surface area (Å²) in [6, 6.07) is 7.29. The lowest BCUT2D eigenvalue weighted by atomic mass is 9.86. The molecule has 1 saturated carbocycles. The first-order chi connectivity index (χ1) is 14.3. The first kappa shape index (κ1) is 24.4. The SMILES string of the molecule is CCNC(=NCC(O)c1ccc(OC(C)C)cc1)NCCS(=O)(=O)NCC1CCC1. The molecule has 30 heavy (non-hydrogen) atoms. The molecule has 0 aliphatic heterocycles. The van der Waals surface area contributed by atoms with E-state index >= 15 is 0 Å². The molecule has 1 fully saturated rings. The number of aliphatic imine (C=N–C) groups is 1. The van der Waals surface area contributed by atoms with Gasteiger partial charge in [0.2, 0.25) is 10.0 Å². The van der Waals surface area contributed by atoms with E-state index in [9.17, 15) is 13.5 Å². The van der Waals surface area contributed by atoms with Crippen LogP contribution in [0.1, 0.15) is 51.7 Å². The molecule has 1 aliphatic rings. The van der Waals surface area contributed by atoms with Gasteiger partial charge in [0.25, 0.3) is 0 Å². The van der Waals surface area contributed by atoms with Gasteiger partial charge in [-0.3, -0.25) is 4.99 Å². The molecule has 0 radical (unpaired) electrons. The van der Waals surface area contributed by atoms with E-state index in [1.54, 1.807) is 0 Å². The van der Waals surface area contributed by atoms with Gasteiger partial charge in [-0.25, -0.2) is 13.1 Å². The van der Waals surface area contributed by atoms with Crippen LogP contribution in [0.15, 0.2) is 29.3 Å². The second-order valence-corrected chi connectivity index (χ2v) is 9.79. The lowest BCUT2D eigenvalue weighted by molar-refractivity contribution is 0.186. The van der Waals surface area contributed by atoms with Crippen LogP contribution >= 0.6 is 0 Å². The lowest BCUT2D eigenvalue weighted by Gasteiger charge is -2.25.